The summed E-state index contributed by atoms with van der Waals surface area (Å²) in [6.45, 7) is 9.84. The van der Waals surface area contributed by atoms with Gasteiger partial charge in [-0.25, -0.2) is 18.2 Å². The highest BCUT2D eigenvalue weighted by Gasteiger charge is 2.31. The summed E-state index contributed by atoms with van der Waals surface area (Å²) in [6, 6.07) is 14.5. The molecule has 0 saturated carbocycles. The molecule has 1 amide bonds. The van der Waals surface area contributed by atoms with Crippen LogP contribution in [-0.2, 0) is 30.8 Å². The van der Waals surface area contributed by atoms with Crippen LogP contribution in [0.2, 0.25) is 0 Å². The summed E-state index contributed by atoms with van der Waals surface area (Å²) in [6.07, 6.45) is 0. The van der Waals surface area contributed by atoms with Crippen molar-refractivity contribution in [3.8, 4) is 10.4 Å². The number of amides is 1. The van der Waals surface area contributed by atoms with Crippen molar-refractivity contribution in [1.82, 2.24) is 10.0 Å². The van der Waals surface area contributed by atoms with Crippen LogP contribution in [0.15, 0.2) is 70.6 Å². The van der Waals surface area contributed by atoms with Gasteiger partial charge in [0.25, 0.3) is 5.91 Å². The Bertz CT molecular complexity index is 1670. The Morgan fingerprint density at radius 3 is 2.13 bits per heavy atom. The monoisotopic (exact) mass is 657 g/mol. The molecular formula is C31H39N5O7S2. The third kappa shape index (κ3) is 10.4. The van der Waals surface area contributed by atoms with Gasteiger partial charge in [0.1, 0.15) is 17.2 Å². The molecule has 0 aliphatic rings. The Kier molecular flexibility index (Phi) is 11.1. The number of sulfonamides is 1. The van der Waals surface area contributed by atoms with E-state index in [0.717, 1.165) is 11.3 Å². The van der Waals surface area contributed by atoms with Crippen molar-refractivity contribution < 1.29 is 32.3 Å². The number of aliphatic imine (C=N–C) groups is 1. The number of nitrogens with two attached hydrogens (primary N) is 2. The maximum absolute atomic E-state index is 13.2. The minimum absolute atomic E-state index is 0.00830. The number of carbonyl (C=O) groups excluding carboxylic acids is 3. The van der Waals surface area contributed by atoms with Gasteiger partial charge in [-0.15, -0.1) is 11.3 Å². The van der Waals surface area contributed by atoms with Gasteiger partial charge in [-0.05, 0) is 83.0 Å². The standard InChI is InChI=1S/C31H39N5O7S2/c1-30(2,3)42-27(38)21-14-10-13-20(22(21)17-35-29(32)33)24-15-16-25(44-24)26(37)34-18-23(28(39)43-31(4,5)6)36-45(40,41)19-11-8-7-9-12-19/h7-16,23,36H,17-18H2,1-6H3,(H,34,37)(H4,32,33,35). The molecule has 2 aromatic carbocycles. The number of esters is 2. The normalized spacial score (nSPS) is 12.6. The van der Waals surface area contributed by atoms with Crippen LogP contribution in [0.4, 0.5) is 0 Å². The highest BCUT2D eigenvalue weighted by atomic mass is 32.2. The molecule has 14 heteroatoms. The van der Waals surface area contributed by atoms with Gasteiger partial charge in [-0.1, -0.05) is 30.3 Å². The fourth-order valence-electron chi connectivity index (χ4n) is 3.97. The third-order valence-corrected chi connectivity index (χ3v) is 8.42. The predicted octanol–water partition coefficient (Wildman–Crippen LogP) is 3.56. The van der Waals surface area contributed by atoms with Gasteiger partial charge in [0, 0.05) is 11.4 Å². The minimum Gasteiger partial charge on any atom is -0.459 e. The van der Waals surface area contributed by atoms with Gasteiger partial charge in [0.05, 0.1) is 21.9 Å². The highest BCUT2D eigenvalue weighted by Crippen LogP contribution is 2.33. The Morgan fingerprint density at radius 1 is 0.889 bits per heavy atom. The molecule has 0 aliphatic heterocycles. The van der Waals surface area contributed by atoms with Gasteiger partial charge in [-0.3, -0.25) is 9.59 Å². The second kappa shape index (κ2) is 14.2. The molecule has 0 bridgehead atoms. The smallest absolute Gasteiger partial charge is 0.339 e. The van der Waals surface area contributed by atoms with Crippen LogP contribution in [0, 0.1) is 0 Å². The lowest BCUT2D eigenvalue weighted by molar-refractivity contribution is -0.156. The molecule has 3 rings (SSSR count). The first kappa shape index (κ1) is 35.2. The number of thiophene rings is 1. The fourth-order valence-corrected chi connectivity index (χ4v) is 6.15. The number of carbonyl (C=O) groups is 3. The average molecular weight is 658 g/mol. The van der Waals surface area contributed by atoms with Gasteiger partial charge in [0.15, 0.2) is 5.96 Å². The lowest BCUT2D eigenvalue weighted by atomic mass is 9.99. The second-order valence-electron chi connectivity index (χ2n) is 12.0. The number of nitrogens with zero attached hydrogens (tertiary/aromatic N) is 1. The topological polar surface area (TPSA) is 192 Å². The number of nitrogens with one attached hydrogen (secondary N) is 2. The van der Waals surface area contributed by atoms with E-state index in [9.17, 15) is 22.8 Å². The maximum atomic E-state index is 13.2. The minimum atomic E-state index is -4.11. The molecule has 0 radical (unpaired) electrons. The van der Waals surface area contributed by atoms with Crippen molar-refractivity contribution in [3.05, 3.63) is 76.7 Å². The first-order chi connectivity index (χ1) is 20.9. The number of hydrogen-bond acceptors (Lipinski definition) is 9. The van der Waals surface area contributed by atoms with Crippen molar-refractivity contribution >= 4 is 45.2 Å². The zero-order chi connectivity index (χ0) is 33.6. The molecule has 242 valence electrons. The summed E-state index contributed by atoms with van der Waals surface area (Å²) in [5.74, 6) is -2.11. The van der Waals surface area contributed by atoms with Gasteiger partial charge < -0.3 is 26.3 Å². The molecule has 45 heavy (non-hydrogen) atoms. The summed E-state index contributed by atoms with van der Waals surface area (Å²) in [5, 5.41) is 2.63. The zero-order valence-corrected chi connectivity index (χ0v) is 27.7. The Hall–Kier alpha value is -4.27. The molecule has 0 fully saturated rings. The second-order valence-corrected chi connectivity index (χ2v) is 14.8. The molecule has 12 nitrogen and oxygen atoms in total. The average Bonchev–Trinajstić information content (AvgIpc) is 3.42. The summed E-state index contributed by atoms with van der Waals surface area (Å²) < 4.78 is 39.3. The summed E-state index contributed by atoms with van der Waals surface area (Å²) in [7, 11) is -4.11. The zero-order valence-electron chi connectivity index (χ0n) is 26.0. The number of rotatable bonds is 11. The first-order valence-electron chi connectivity index (χ1n) is 14.0. The van der Waals surface area contributed by atoms with E-state index < -0.39 is 45.1 Å². The third-order valence-electron chi connectivity index (χ3n) is 5.82. The van der Waals surface area contributed by atoms with E-state index in [1.807, 2.05) is 0 Å². The Morgan fingerprint density at radius 2 is 1.53 bits per heavy atom. The van der Waals surface area contributed by atoms with Gasteiger partial charge in [0.2, 0.25) is 10.0 Å². The number of ether oxygens (including phenoxy) is 2. The molecule has 1 atom stereocenters. The van der Waals surface area contributed by atoms with Crippen LogP contribution in [-0.4, -0.2) is 56.0 Å². The highest BCUT2D eigenvalue weighted by molar-refractivity contribution is 7.89. The van der Waals surface area contributed by atoms with E-state index in [1.54, 1.807) is 90.1 Å². The molecule has 1 aromatic heterocycles. The largest absolute Gasteiger partial charge is 0.459 e. The molecule has 6 N–H and O–H groups in total. The molecule has 3 aromatic rings. The first-order valence-corrected chi connectivity index (χ1v) is 16.3. The molecule has 0 spiro atoms. The Balaban J connectivity index is 1.87. The molecule has 0 aliphatic carbocycles. The van der Waals surface area contributed by atoms with Crippen molar-refractivity contribution in [2.45, 2.75) is 70.2 Å². The predicted molar refractivity (Wildman–Crippen MR) is 173 cm³/mol. The van der Waals surface area contributed by atoms with Crippen LogP contribution >= 0.6 is 11.3 Å². The van der Waals surface area contributed by atoms with E-state index in [-0.39, 0.29) is 34.4 Å². The number of hydrogen-bond donors (Lipinski definition) is 4. The van der Waals surface area contributed by atoms with E-state index in [2.05, 4.69) is 15.0 Å². The number of benzene rings is 2. The van der Waals surface area contributed by atoms with Crippen LogP contribution in [0.1, 0.15) is 67.1 Å². The van der Waals surface area contributed by atoms with Crippen LogP contribution < -0.4 is 21.5 Å². The van der Waals surface area contributed by atoms with E-state index in [0.29, 0.717) is 16.0 Å². The van der Waals surface area contributed by atoms with Gasteiger partial charge >= 0.3 is 11.9 Å². The van der Waals surface area contributed by atoms with Crippen molar-refractivity contribution in [2.75, 3.05) is 6.54 Å². The summed E-state index contributed by atoms with van der Waals surface area (Å²) in [5.41, 5.74) is 10.9. The number of guanidine groups is 1. The maximum Gasteiger partial charge on any atom is 0.339 e. The van der Waals surface area contributed by atoms with Crippen molar-refractivity contribution in [1.29, 1.82) is 0 Å². The fraction of sp³-hybridized carbons (Fsp3) is 0.355. The molecule has 1 heterocycles. The van der Waals surface area contributed by atoms with Gasteiger partial charge in [-0.2, -0.15) is 4.72 Å². The van der Waals surface area contributed by atoms with E-state index >= 15 is 0 Å². The van der Waals surface area contributed by atoms with E-state index in [4.69, 9.17) is 20.9 Å². The van der Waals surface area contributed by atoms with Crippen molar-refractivity contribution in [3.63, 3.8) is 0 Å². The SMILES string of the molecule is CC(C)(C)OC(=O)c1cccc(-c2ccc(C(=O)NCC(NS(=O)(=O)c3ccccc3)C(=O)OC(C)(C)C)s2)c1CN=C(N)N. The summed E-state index contributed by atoms with van der Waals surface area (Å²) in [4.78, 5) is 44.2. The lowest BCUT2D eigenvalue weighted by Gasteiger charge is -2.24. The van der Waals surface area contributed by atoms with Crippen LogP contribution in [0.25, 0.3) is 10.4 Å². The molecule has 0 saturated heterocycles. The molecule has 1 unspecified atom stereocenters. The Labute approximate surface area is 267 Å². The summed E-state index contributed by atoms with van der Waals surface area (Å²) >= 11 is 1.13. The van der Waals surface area contributed by atoms with Crippen LogP contribution in [0.3, 0.4) is 0 Å². The quantitative estimate of drug-likeness (QED) is 0.136. The van der Waals surface area contributed by atoms with Crippen molar-refractivity contribution in [2.24, 2.45) is 16.5 Å². The molecular weight excluding hydrogens is 619 g/mol. The van der Waals surface area contributed by atoms with E-state index in [1.165, 1.54) is 12.1 Å². The van der Waals surface area contributed by atoms with Crippen LogP contribution in [0.5, 0.6) is 0 Å². The lowest BCUT2D eigenvalue weighted by Crippen LogP contribution is -2.50.